The van der Waals surface area contributed by atoms with Gasteiger partial charge in [-0.2, -0.15) is 4.98 Å². The standard InChI is InChI=1S/C28H29N5O5/c1-18(17-29-27(34)38-28(2,3)4)37-21-11-9-20(10-12-21)30-26-31-25-7-5-6-22(33(25)32-26)19-8-13-23-24(16-19)36-15-14-35-23/h5-13,16H,1,14-15,17H2,2-4H3,(H,29,34)(H,30,32). The first-order chi connectivity index (χ1) is 18.2. The van der Waals surface area contributed by atoms with Gasteiger partial charge in [0.25, 0.3) is 0 Å². The van der Waals surface area contributed by atoms with Gasteiger partial charge >= 0.3 is 6.09 Å². The van der Waals surface area contributed by atoms with Crippen LogP contribution in [0.15, 0.2) is 73.0 Å². The van der Waals surface area contributed by atoms with E-state index in [4.69, 9.17) is 18.9 Å². The first kappa shape index (κ1) is 24.9. The molecule has 0 atom stereocenters. The van der Waals surface area contributed by atoms with E-state index in [1.54, 1.807) is 37.4 Å². The van der Waals surface area contributed by atoms with Gasteiger partial charge in [0.05, 0.1) is 12.2 Å². The maximum atomic E-state index is 11.8. The lowest BCUT2D eigenvalue weighted by Gasteiger charge is -2.20. The zero-order chi connectivity index (χ0) is 26.7. The summed E-state index contributed by atoms with van der Waals surface area (Å²) in [5.74, 6) is 2.87. The number of amides is 1. The maximum Gasteiger partial charge on any atom is 0.408 e. The van der Waals surface area contributed by atoms with Crippen molar-refractivity contribution < 1.29 is 23.7 Å². The van der Waals surface area contributed by atoms with Gasteiger partial charge in [0.2, 0.25) is 5.95 Å². The lowest BCUT2D eigenvalue weighted by molar-refractivity contribution is 0.0528. The molecule has 0 spiro atoms. The van der Waals surface area contributed by atoms with E-state index >= 15 is 0 Å². The summed E-state index contributed by atoms with van der Waals surface area (Å²) in [6.07, 6.45) is -0.529. The molecule has 2 aromatic carbocycles. The minimum atomic E-state index is -0.572. The minimum absolute atomic E-state index is 0.131. The number of alkyl carbamates (subject to hydrolysis) is 1. The van der Waals surface area contributed by atoms with E-state index in [9.17, 15) is 4.79 Å². The third kappa shape index (κ3) is 5.97. The SMILES string of the molecule is C=C(CNC(=O)OC(C)(C)C)Oc1ccc(Nc2nc3cccc(-c4ccc5c(c4)OCCO5)n3n2)cc1. The molecular formula is C28H29N5O5. The molecule has 2 aromatic heterocycles. The first-order valence-electron chi connectivity index (χ1n) is 12.2. The average Bonchev–Trinajstić information content (AvgIpc) is 3.30. The van der Waals surface area contributed by atoms with Crippen LogP contribution in [0.3, 0.4) is 0 Å². The van der Waals surface area contributed by atoms with Gasteiger partial charge in [-0.25, -0.2) is 9.31 Å². The van der Waals surface area contributed by atoms with E-state index in [0.29, 0.717) is 36.3 Å². The van der Waals surface area contributed by atoms with Crippen molar-refractivity contribution in [2.45, 2.75) is 26.4 Å². The van der Waals surface area contributed by atoms with E-state index in [2.05, 4.69) is 27.3 Å². The highest BCUT2D eigenvalue weighted by Gasteiger charge is 2.17. The Morgan fingerprint density at radius 2 is 1.82 bits per heavy atom. The number of nitrogens with zero attached hydrogens (tertiary/aromatic N) is 3. The summed E-state index contributed by atoms with van der Waals surface area (Å²) in [6.45, 7) is 10.5. The molecule has 0 unspecified atom stereocenters. The van der Waals surface area contributed by atoms with E-state index in [1.165, 1.54) is 0 Å². The van der Waals surface area contributed by atoms with Gasteiger partial charge in [-0.15, -0.1) is 5.10 Å². The highest BCUT2D eigenvalue weighted by atomic mass is 16.6. The molecule has 10 nitrogen and oxygen atoms in total. The number of hydrogen-bond acceptors (Lipinski definition) is 8. The van der Waals surface area contributed by atoms with E-state index in [-0.39, 0.29) is 6.54 Å². The molecule has 0 radical (unpaired) electrons. The van der Waals surface area contributed by atoms with E-state index in [1.807, 2.05) is 48.5 Å². The summed E-state index contributed by atoms with van der Waals surface area (Å²) in [5, 5.41) is 10.5. The number of hydrogen-bond donors (Lipinski definition) is 2. The van der Waals surface area contributed by atoms with Gasteiger partial charge in [0, 0.05) is 11.3 Å². The van der Waals surface area contributed by atoms with Crippen molar-refractivity contribution in [1.82, 2.24) is 19.9 Å². The molecule has 4 aromatic rings. The molecule has 0 saturated heterocycles. The number of ether oxygens (including phenoxy) is 4. The van der Waals surface area contributed by atoms with Crippen molar-refractivity contribution in [3.05, 3.63) is 73.0 Å². The number of fused-ring (bicyclic) bond motifs is 2. The topological polar surface area (TPSA) is 108 Å². The van der Waals surface area contributed by atoms with E-state index < -0.39 is 11.7 Å². The molecule has 1 aliphatic heterocycles. The largest absolute Gasteiger partial charge is 0.486 e. The van der Waals surface area contributed by atoms with Crippen LogP contribution >= 0.6 is 0 Å². The van der Waals surface area contributed by atoms with Crippen LogP contribution in [0, 0.1) is 0 Å². The summed E-state index contributed by atoms with van der Waals surface area (Å²) in [6, 6.07) is 18.9. The maximum absolute atomic E-state index is 11.8. The van der Waals surface area contributed by atoms with Crippen LogP contribution in [0.2, 0.25) is 0 Å². The zero-order valence-electron chi connectivity index (χ0n) is 21.5. The number of anilines is 2. The van der Waals surface area contributed by atoms with Gasteiger partial charge in [0.1, 0.15) is 30.3 Å². The van der Waals surface area contributed by atoms with Gasteiger partial charge in [-0.3, -0.25) is 0 Å². The molecule has 1 amide bonds. The first-order valence-corrected chi connectivity index (χ1v) is 12.2. The normalized spacial score (nSPS) is 12.6. The van der Waals surface area contributed by atoms with E-state index in [0.717, 1.165) is 28.4 Å². The van der Waals surface area contributed by atoms with Crippen molar-refractivity contribution in [2.75, 3.05) is 25.1 Å². The molecule has 3 heterocycles. The molecule has 0 saturated carbocycles. The second-order valence-corrected chi connectivity index (χ2v) is 9.62. The summed E-state index contributed by atoms with van der Waals surface area (Å²) in [4.78, 5) is 16.4. The van der Waals surface area contributed by atoms with Gasteiger partial charge in [-0.05, 0) is 75.4 Å². The molecule has 2 N–H and O–H groups in total. The van der Waals surface area contributed by atoms with Crippen molar-refractivity contribution in [2.24, 2.45) is 0 Å². The monoisotopic (exact) mass is 515 g/mol. The predicted molar refractivity (Wildman–Crippen MR) is 143 cm³/mol. The Kier molecular flexibility index (Phi) is 6.78. The zero-order valence-corrected chi connectivity index (χ0v) is 21.5. The smallest absolute Gasteiger partial charge is 0.408 e. The lowest BCUT2D eigenvalue weighted by Crippen LogP contribution is -2.34. The van der Waals surface area contributed by atoms with Crippen LogP contribution in [0.25, 0.3) is 16.9 Å². The molecule has 1 aliphatic rings. The molecule has 196 valence electrons. The number of aromatic nitrogens is 3. The van der Waals surface area contributed by atoms with Crippen LogP contribution in [-0.2, 0) is 4.74 Å². The molecule has 38 heavy (non-hydrogen) atoms. The predicted octanol–water partition coefficient (Wildman–Crippen LogP) is 5.33. The minimum Gasteiger partial charge on any atom is -0.486 e. The summed E-state index contributed by atoms with van der Waals surface area (Å²) in [5.41, 5.74) is 2.74. The molecule has 10 heteroatoms. The fourth-order valence-electron chi connectivity index (χ4n) is 3.80. The number of pyridine rings is 1. The Morgan fingerprint density at radius 3 is 2.58 bits per heavy atom. The molecular weight excluding hydrogens is 486 g/mol. The van der Waals surface area contributed by atoms with Crippen LogP contribution in [-0.4, -0.2) is 46.1 Å². The van der Waals surface area contributed by atoms with Crippen molar-refractivity contribution in [3.8, 4) is 28.5 Å². The van der Waals surface area contributed by atoms with Crippen LogP contribution in [0.1, 0.15) is 20.8 Å². The highest BCUT2D eigenvalue weighted by Crippen LogP contribution is 2.34. The number of benzene rings is 2. The molecule has 0 aliphatic carbocycles. The number of carbonyl (C=O) groups excluding carboxylic acids is 1. The van der Waals surface area contributed by atoms with Gasteiger partial charge in [0.15, 0.2) is 17.1 Å². The third-order valence-corrected chi connectivity index (χ3v) is 5.40. The number of carbonyl (C=O) groups is 1. The quantitative estimate of drug-likeness (QED) is 0.318. The van der Waals surface area contributed by atoms with Gasteiger partial charge in [-0.1, -0.05) is 12.6 Å². The lowest BCUT2D eigenvalue weighted by atomic mass is 10.1. The van der Waals surface area contributed by atoms with Crippen LogP contribution < -0.4 is 24.8 Å². The summed E-state index contributed by atoms with van der Waals surface area (Å²) >= 11 is 0. The fraction of sp³-hybridized carbons (Fsp3) is 0.250. The second-order valence-electron chi connectivity index (χ2n) is 9.62. The number of nitrogens with one attached hydrogen (secondary N) is 2. The highest BCUT2D eigenvalue weighted by molar-refractivity contribution is 5.68. The Hall–Kier alpha value is -4.73. The molecule has 5 rings (SSSR count). The third-order valence-electron chi connectivity index (χ3n) is 5.40. The van der Waals surface area contributed by atoms with Crippen LogP contribution in [0.4, 0.5) is 16.4 Å². The Labute approximate surface area is 220 Å². The fourth-order valence-corrected chi connectivity index (χ4v) is 3.80. The Bertz CT molecular complexity index is 1470. The average molecular weight is 516 g/mol. The second kappa shape index (κ2) is 10.3. The van der Waals surface area contributed by atoms with Crippen molar-refractivity contribution in [3.63, 3.8) is 0 Å². The summed E-state index contributed by atoms with van der Waals surface area (Å²) < 4.78 is 24.1. The summed E-state index contributed by atoms with van der Waals surface area (Å²) in [7, 11) is 0. The number of rotatable bonds is 7. The van der Waals surface area contributed by atoms with Crippen molar-refractivity contribution >= 4 is 23.4 Å². The molecule has 0 fully saturated rings. The van der Waals surface area contributed by atoms with Crippen LogP contribution in [0.5, 0.6) is 17.2 Å². The van der Waals surface area contributed by atoms with Gasteiger partial charge < -0.3 is 29.6 Å². The Balaban J connectivity index is 1.23. The Morgan fingerprint density at radius 1 is 1.05 bits per heavy atom. The van der Waals surface area contributed by atoms with Crippen molar-refractivity contribution in [1.29, 1.82) is 0 Å². The molecule has 0 bridgehead atoms.